The fourth-order valence-corrected chi connectivity index (χ4v) is 1.90. The van der Waals surface area contributed by atoms with E-state index in [-0.39, 0.29) is 19.1 Å². The van der Waals surface area contributed by atoms with Gasteiger partial charge in [0.1, 0.15) is 19.2 Å². The number of rotatable bonds is 6. The summed E-state index contributed by atoms with van der Waals surface area (Å²) in [6.07, 6.45) is 0. The van der Waals surface area contributed by atoms with Crippen LogP contribution in [-0.4, -0.2) is 38.1 Å². The molecule has 0 spiro atoms. The SMILES string of the molecule is COCC(=O)N(c1ccc(Cl)cc1)C(C)C(=O)NCC#N. The molecular formula is C14H16ClN3O3. The van der Waals surface area contributed by atoms with Crippen molar-refractivity contribution in [3.63, 3.8) is 0 Å². The molecule has 0 aromatic heterocycles. The molecule has 1 aromatic carbocycles. The van der Waals surface area contributed by atoms with Crippen LogP contribution in [0.1, 0.15) is 6.92 Å². The second-order valence-corrected chi connectivity index (χ2v) is 4.66. The van der Waals surface area contributed by atoms with Crippen molar-refractivity contribution in [1.29, 1.82) is 5.26 Å². The molecule has 1 N–H and O–H groups in total. The van der Waals surface area contributed by atoms with Crippen molar-refractivity contribution >= 4 is 29.1 Å². The molecule has 1 unspecified atom stereocenters. The van der Waals surface area contributed by atoms with Gasteiger partial charge in [-0.3, -0.25) is 14.5 Å². The number of nitrogens with one attached hydrogen (secondary N) is 1. The van der Waals surface area contributed by atoms with Crippen molar-refractivity contribution in [3.8, 4) is 6.07 Å². The fourth-order valence-electron chi connectivity index (χ4n) is 1.77. The summed E-state index contributed by atoms with van der Waals surface area (Å²) in [6.45, 7) is 1.31. The summed E-state index contributed by atoms with van der Waals surface area (Å²) in [7, 11) is 1.40. The molecule has 0 aliphatic rings. The first-order chi connectivity index (χ1) is 10.0. The lowest BCUT2D eigenvalue weighted by Gasteiger charge is -2.28. The van der Waals surface area contributed by atoms with Gasteiger partial charge >= 0.3 is 0 Å². The molecule has 0 aliphatic carbocycles. The van der Waals surface area contributed by atoms with Gasteiger partial charge in [-0.05, 0) is 31.2 Å². The van der Waals surface area contributed by atoms with Gasteiger partial charge in [0.2, 0.25) is 5.91 Å². The Morgan fingerprint density at radius 1 is 1.43 bits per heavy atom. The van der Waals surface area contributed by atoms with Gasteiger partial charge in [0.25, 0.3) is 5.91 Å². The minimum Gasteiger partial charge on any atom is -0.375 e. The Morgan fingerprint density at radius 3 is 2.57 bits per heavy atom. The zero-order chi connectivity index (χ0) is 15.8. The predicted octanol–water partition coefficient (Wildman–Crippen LogP) is 1.35. The van der Waals surface area contributed by atoms with E-state index in [2.05, 4.69) is 5.32 Å². The van der Waals surface area contributed by atoms with E-state index in [1.807, 2.05) is 6.07 Å². The monoisotopic (exact) mass is 309 g/mol. The standard InChI is InChI=1S/C14H16ClN3O3/c1-10(14(20)17-8-7-16)18(13(19)9-21-2)12-5-3-11(15)4-6-12/h3-6,10H,8-9H2,1-2H3,(H,17,20). The Balaban J connectivity index is 3.02. The molecule has 0 saturated carbocycles. The Labute approximate surface area is 128 Å². The minimum atomic E-state index is -0.776. The number of anilines is 1. The smallest absolute Gasteiger partial charge is 0.253 e. The third-order valence-electron chi connectivity index (χ3n) is 2.75. The van der Waals surface area contributed by atoms with Crippen molar-refractivity contribution in [3.05, 3.63) is 29.3 Å². The van der Waals surface area contributed by atoms with Crippen molar-refractivity contribution in [2.45, 2.75) is 13.0 Å². The summed E-state index contributed by atoms with van der Waals surface area (Å²) in [4.78, 5) is 25.5. The third kappa shape index (κ3) is 4.74. The van der Waals surface area contributed by atoms with Crippen LogP contribution in [0.15, 0.2) is 24.3 Å². The molecule has 0 radical (unpaired) electrons. The second-order valence-electron chi connectivity index (χ2n) is 4.23. The van der Waals surface area contributed by atoms with Crippen LogP contribution in [-0.2, 0) is 14.3 Å². The molecular weight excluding hydrogens is 294 g/mol. The normalized spacial score (nSPS) is 11.3. The first-order valence-electron chi connectivity index (χ1n) is 6.22. The van der Waals surface area contributed by atoms with Crippen molar-refractivity contribution in [2.24, 2.45) is 0 Å². The average molecular weight is 310 g/mol. The van der Waals surface area contributed by atoms with Gasteiger partial charge in [-0.2, -0.15) is 5.26 Å². The summed E-state index contributed by atoms with van der Waals surface area (Å²) < 4.78 is 4.84. The number of amides is 2. The number of hydrogen-bond donors (Lipinski definition) is 1. The van der Waals surface area contributed by atoms with Crippen molar-refractivity contribution < 1.29 is 14.3 Å². The number of nitrogens with zero attached hydrogens (tertiary/aromatic N) is 2. The zero-order valence-electron chi connectivity index (χ0n) is 11.8. The quantitative estimate of drug-likeness (QED) is 0.804. The second kappa shape index (κ2) is 8.25. The van der Waals surface area contributed by atoms with Gasteiger partial charge in [0.05, 0.1) is 6.07 Å². The van der Waals surface area contributed by atoms with Crippen LogP contribution in [0.3, 0.4) is 0 Å². The maximum absolute atomic E-state index is 12.2. The van der Waals surface area contributed by atoms with Gasteiger partial charge in [0.15, 0.2) is 0 Å². The van der Waals surface area contributed by atoms with Crippen LogP contribution in [0, 0.1) is 11.3 Å². The molecule has 2 amide bonds. The van der Waals surface area contributed by atoms with Crippen LogP contribution in [0.2, 0.25) is 5.02 Å². The highest BCUT2D eigenvalue weighted by molar-refractivity contribution is 6.30. The number of methoxy groups -OCH3 is 1. The Kier molecular flexibility index (Phi) is 6.66. The van der Waals surface area contributed by atoms with Gasteiger partial charge < -0.3 is 10.1 Å². The number of hydrogen-bond acceptors (Lipinski definition) is 4. The largest absolute Gasteiger partial charge is 0.375 e. The van der Waals surface area contributed by atoms with Crippen LogP contribution < -0.4 is 10.2 Å². The number of carbonyl (C=O) groups is 2. The Bertz CT molecular complexity index is 539. The van der Waals surface area contributed by atoms with Gasteiger partial charge in [0, 0.05) is 17.8 Å². The van der Waals surface area contributed by atoms with E-state index in [9.17, 15) is 9.59 Å². The van der Waals surface area contributed by atoms with E-state index in [0.717, 1.165) is 0 Å². The summed E-state index contributed by atoms with van der Waals surface area (Å²) in [5.41, 5.74) is 0.529. The van der Waals surface area contributed by atoms with E-state index in [0.29, 0.717) is 10.7 Å². The van der Waals surface area contributed by atoms with Gasteiger partial charge in [-0.15, -0.1) is 0 Å². The zero-order valence-corrected chi connectivity index (χ0v) is 12.6. The number of carbonyl (C=O) groups excluding carboxylic acids is 2. The molecule has 112 valence electrons. The highest BCUT2D eigenvalue weighted by Gasteiger charge is 2.27. The Morgan fingerprint density at radius 2 is 2.05 bits per heavy atom. The molecule has 0 saturated heterocycles. The van der Waals surface area contributed by atoms with E-state index in [1.54, 1.807) is 31.2 Å². The lowest BCUT2D eigenvalue weighted by molar-refractivity contribution is -0.127. The lowest BCUT2D eigenvalue weighted by atomic mass is 10.2. The lowest BCUT2D eigenvalue weighted by Crippen LogP contribution is -2.49. The number of ether oxygens (including phenoxy) is 1. The van der Waals surface area contributed by atoms with Gasteiger partial charge in [-0.25, -0.2) is 0 Å². The average Bonchev–Trinajstić information content (AvgIpc) is 2.47. The van der Waals surface area contributed by atoms with Crippen LogP contribution in [0.25, 0.3) is 0 Å². The third-order valence-corrected chi connectivity index (χ3v) is 3.00. The van der Waals surface area contributed by atoms with Crippen molar-refractivity contribution in [2.75, 3.05) is 25.2 Å². The molecule has 1 atom stereocenters. The van der Waals surface area contributed by atoms with E-state index >= 15 is 0 Å². The first-order valence-corrected chi connectivity index (χ1v) is 6.60. The van der Waals surface area contributed by atoms with Crippen LogP contribution in [0.4, 0.5) is 5.69 Å². The van der Waals surface area contributed by atoms with Crippen molar-refractivity contribution in [1.82, 2.24) is 5.32 Å². The molecule has 0 fully saturated rings. The molecule has 21 heavy (non-hydrogen) atoms. The maximum atomic E-state index is 12.2. The fraction of sp³-hybridized carbons (Fsp3) is 0.357. The summed E-state index contributed by atoms with van der Waals surface area (Å²) in [6, 6.07) is 7.58. The highest BCUT2D eigenvalue weighted by Crippen LogP contribution is 2.20. The van der Waals surface area contributed by atoms with Crippen LogP contribution >= 0.6 is 11.6 Å². The molecule has 1 aromatic rings. The van der Waals surface area contributed by atoms with E-state index < -0.39 is 11.9 Å². The molecule has 0 heterocycles. The number of halogens is 1. The summed E-state index contributed by atoms with van der Waals surface area (Å²) >= 11 is 5.82. The molecule has 0 aliphatic heterocycles. The topological polar surface area (TPSA) is 82.4 Å². The molecule has 6 nitrogen and oxygen atoms in total. The van der Waals surface area contributed by atoms with Crippen LogP contribution in [0.5, 0.6) is 0 Å². The predicted molar refractivity (Wildman–Crippen MR) is 78.9 cm³/mol. The highest BCUT2D eigenvalue weighted by atomic mass is 35.5. The molecule has 0 bridgehead atoms. The number of benzene rings is 1. The number of nitriles is 1. The molecule has 1 rings (SSSR count). The molecule has 7 heteroatoms. The van der Waals surface area contributed by atoms with E-state index in [1.165, 1.54) is 12.0 Å². The minimum absolute atomic E-state index is 0.115. The summed E-state index contributed by atoms with van der Waals surface area (Å²) in [5.74, 6) is -0.782. The Hall–Kier alpha value is -2.10. The maximum Gasteiger partial charge on any atom is 0.253 e. The summed E-state index contributed by atoms with van der Waals surface area (Å²) in [5, 5.41) is 11.5. The first kappa shape index (κ1) is 17.0. The van der Waals surface area contributed by atoms with Gasteiger partial charge in [-0.1, -0.05) is 11.6 Å². The van der Waals surface area contributed by atoms with E-state index in [4.69, 9.17) is 21.6 Å².